The van der Waals surface area contributed by atoms with Crippen LogP contribution in [0.2, 0.25) is 0 Å². The summed E-state index contributed by atoms with van der Waals surface area (Å²) in [6.07, 6.45) is 0.0475. The van der Waals surface area contributed by atoms with Gasteiger partial charge in [-0.3, -0.25) is 9.59 Å². The number of rotatable bonds is 3. The van der Waals surface area contributed by atoms with Gasteiger partial charge >= 0.3 is 5.97 Å². The van der Waals surface area contributed by atoms with E-state index in [0.717, 1.165) is 0 Å². The van der Waals surface area contributed by atoms with Crippen LogP contribution in [-0.2, 0) is 9.59 Å². The summed E-state index contributed by atoms with van der Waals surface area (Å²) in [5.41, 5.74) is 0. The zero-order valence-corrected chi connectivity index (χ0v) is 12.0. The van der Waals surface area contributed by atoms with Crippen LogP contribution < -0.4 is 5.32 Å². The highest BCUT2D eigenvalue weighted by atomic mass is 16.4. The summed E-state index contributed by atoms with van der Waals surface area (Å²) in [4.78, 5) is 20.7. The average Bonchev–Trinajstić information content (AvgIpc) is 2.36. The molecule has 0 radical (unpaired) electrons. The number of hydrogen-bond donors (Lipinski definition) is 2. The highest BCUT2D eigenvalue weighted by Crippen LogP contribution is 1.99. The first kappa shape index (κ1) is 24.3. The predicted molar refractivity (Wildman–Crippen MR) is 69.5 cm³/mol. The molecule has 4 nitrogen and oxygen atoms in total. The van der Waals surface area contributed by atoms with Gasteiger partial charge in [0, 0.05) is 13.5 Å². The molecule has 2 N–H and O–H groups in total. The van der Waals surface area contributed by atoms with Crippen LogP contribution in [0, 0.1) is 5.92 Å². The number of amides is 1. The molecule has 0 heterocycles. The molecule has 0 rings (SSSR count). The number of nitrogens with one attached hydrogen (secondary N) is 1. The first-order valence-corrected chi connectivity index (χ1v) is 6.01. The fourth-order valence-electron chi connectivity index (χ4n) is 0.467. The Morgan fingerprint density at radius 3 is 1.56 bits per heavy atom. The van der Waals surface area contributed by atoms with E-state index < -0.39 is 11.9 Å². The van der Waals surface area contributed by atoms with E-state index >= 15 is 0 Å². The fraction of sp³-hybridized carbons (Fsp3) is 0.833. The third kappa shape index (κ3) is 23.1. The van der Waals surface area contributed by atoms with Gasteiger partial charge in [0.15, 0.2) is 0 Å². The van der Waals surface area contributed by atoms with Gasteiger partial charge in [-0.25, -0.2) is 0 Å². The molecule has 0 saturated carbocycles. The molecular formula is C12H29NO3. The molecule has 0 aromatic carbocycles. The third-order valence-electron chi connectivity index (χ3n) is 1.19. The molecular weight excluding hydrogens is 206 g/mol. The largest absolute Gasteiger partial charge is 0.481 e. The van der Waals surface area contributed by atoms with Crippen molar-refractivity contribution in [3.05, 3.63) is 0 Å². The van der Waals surface area contributed by atoms with Crippen molar-refractivity contribution in [3.63, 3.8) is 0 Å². The number of carboxylic acids is 1. The molecule has 1 amide bonds. The second kappa shape index (κ2) is 23.6. The van der Waals surface area contributed by atoms with Crippen LogP contribution in [0.5, 0.6) is 0 Å². The van der Waals surface area contributed by atoms with Crippen LogP contribution >= 0.6 is 0 Å². The lowest BCUT2D eigenvalue weighted by atomic mass is 10.1. The monoisotopic (exact) mass is 235 g/mol. The maximum absolute atomic E-state index is 10.6. The van der Waals surface area contributed by atoms with Gasteiger partial charge in [-0.2, -0.15) is 0 Å². The minimum atomic E-state index is -0.941. The molecule has 0 aromatic rings. The molecule has 0 aliphatic rings. The van der Waals surface area contributed by atoms with Gasteiger partial charge in [-0.05, 0) is 0 Å². The molecule has 0 aliphatic carbocycles. The standard InChI is InChI=1S/C6H11NO3.3C2H6/c1-4(6(9)10)3-5(8)7-2;3*1-2/h4H,3H2,1-2H3,(H,7,8)(H,9,10);3*1-2H3. The quantitative estimate of drug-likeness (QED) is 0.790. The number of hydrogen-bond acceptors (Lipinski definition) is 2. The van der Waals surface area contributed by atoms with Gasteiger partial charge < -0.3 is 10.4 Å². The molecule has 0 spiro atoms. The summed E-state index contributed by atoms with van der Waals surface area (Å²) in [7, 11) is 1.48. The van der Waals surface area contributed by atoms with Gasteiger partial charge in [-0.1, -0.05) is 48.5 Å². The van der Waals surface area contributed by atoms with E-state index in [1.54, 1.807) is 0 Å². The van der Waals surface area contributed by atoms with Crippen LogP contribution in [0.15, 0.2) is 0 Å². The van der Waals surface area contributed by atoms with Crippen molar-refractivity contribution in [1.29, 1.82) is 0 Å². The van der Waals surface area contributed by atoms with Crippen LogP contribution in [0.25, 0.3) is 0 Å². The summed E-state index contributed by atoms with van der Waals surface area (Å²) in [5, 5.41) is 10.7. The fourth-order valence-corrected chi connectivity index (χ4v) is 0.467. The van der Waals surface area contributed by atoms with Crippen molar-refractivity contribution in [2.75, 3.05) is 7.05 Å². The van der Waals surface area contributed by atoms with E-state index in [-0.39, 0.29) is 12.3 Å². The Morgan fingerprint density at radius 1 is 1.06 bits per heavy atom. The van der Waals surface area contributed by atoms with E-state index in [9.17, 15) is 9.59 Å². The molecule has 0 saturated heterocycles. The molecule has 0 bridgehead atoms. The van der Waals surface area contributed by atoms with Crippen LogP contribution in [0.4, 0.5) is 0 Å². The zero-order valence-electron chi connectivity index (χ0n) is 12.0. The van der Waals surface area contributed by atoms with E-state index in [4.69, 9.17) is 5.11 Å². The molecule has 1 unspecified atom stereocenters. The summed E-state index contributed by atoms with van der Waals surface area (Å²) < 4.78 is 0. The second-order valence-electron chi connectivity index (χ2n) is 2.12. The van der Waals surface area contributed by atoms with Crippen molar-refractivity contribution in [3.8, 4) is 0 Å². The molecule has 16 heavy (non-hydrogen) atoms. The second-order valence-corrected chi connectivity index (χ2v) is 2.12. The van der Waals surface area contributed by atoms with Crippen LogP contribution in [0.1, 0.15) is 54.9 Å². The average molecular weight is 235 g/mol. The van der Waals surface area contributed by atoms with Gasteiger partial charge in [0.2, 0.25) is 5.91 Å². The van der Waals surface area contributed by atoms with Gasteiger partial charge in [0.1, 0.15) is 0 Å². The topological polar surface area (TPSA) is 66.4 Å². The zero-order chi connectivity index (χ0) is 14.1. The van der Waals surface area contributed by atoms with Gasteiger partial charge in [0.25, 0.3) is 0 Å². The summed E-state index contributed by atoms with van der Waals surface area (Å²) >= 11 is 0. The third-order valence-corrected chi connectivity index (χ3v) is 1.19. The summed E-state index contributed by atoms with van der Waals surface area (Å²) in [6.45, 7) is 13.5. The Balaban J connectivity index is -0.000000103. The number of carboxylic acid groups (broad SMARTS) is 1. The molecule has 100 valence electrons. The molecule has 0 aromatic heterocycles. The van der Waals surface area contributed by atoms with E-state index in [1.807, 2.05) is 41.5 Å². The summed E-state index contributed by atoms with van der Waals surface area (Å²) in [6, 6.07) is 0. The molecule has 1 atom stereocenters. The Kier molecular flexibility index (Phi) is 35.8. The maximum atomic E-state index is 10.6. The normalized spacial score (nSPS) is 8.75. The van der Waals surface area contributed by atoms with Crippen LogP contribution in [-0.4, -0.2) is 24.0 Å². The lowest BCUT2D eigenvalue weighted by molar-refractivity contribution is -0.143. The van der Waals surface area contributed by atoms with E-state index in [2.05, 4.69) is 5.32 Å². The number of carbonyl (C=O) groups excluding carboxylic acids is 1. The lowest BCUT2D eigenvalue weighted by Gasteiger charge is -2.02. The Morgan fingerprint density at radius 2 is 1.38 bits per heavy atom. The molecule has 4 heteroatoms. The van der Waals surface area contributed by atoms with Gasteiger partial charge in [-0.15, -0.1) is 0 Å². The first-order chi connectivity index (χ1) is 7.57. The van der Waals surface area contributed by atoms with E-state index in [1.165, 1.54) is 14.0 Å². The number of aliphatic carboxylic acids is 1. The van der Waals surface area contributed by atoms with Crippen molar-refractivity contribution in [2.45, 2.75) is 54.9 Å². The first-order valence-electron chi connectivity index (χ1n) is 6.01. The van der Waals surface area contributed by atoms with E-state index in [0.29, 0.717) is 0 Å². The maximum Gasteiger partial charge on any atom is 0.306 e. The van der Waals surface area contributed by atoms with Crippen molar-refractivity contribution >= 4 is 11.9 Å². The SMILES string of the molecule is CC.CC.CC.CNC(=O)CC(C)C(=O)O. The van der Waals surface area contributed by atoms with Crippen LogP contribution in [0.3, 0.4) is 0 Å². The highest BCUT2D eigenvalue weighted by Gasteiger charge is 2.13. The smallest absolute Gasteiger partial charge is 0.306 e. The lowest BCUT2D eigenvalue weighted by Crippen LogP contribution is -2.23. The Bertz CT molecular complexity index is 147. The molecule has 0 fully saturated rings. The van der Waals surface area contributed by atoms with Gasteiger partial charge in [0.05, 0.1) is 5.92 Å². The molecule has 0 aliphatic heterocycles. The Hall–Kier alpha value is -1.06. The Labute approximate surface area is 100 Å². The van der Waals surface area contributed by atoms with Crippen molar-refractivity contribution in [2.24, 2.45) is 5.92 Å². The summed E-state index contributed by atoms with van der Waals surface area (Å²) in [5.74, 6) is -1.78. The minimum Gasteiger partial charge on any atom is -0.481 e. The number of carbonyl (C=O) groups is 2. The van der Waals surface area contributed by atoms with Crippen molar-refractivity contribution in [1.82, 2.24) is 5.32 Å². The predicted octanol–water partition coefficient (Wildman–Crippen LogP) is 2.92. The van der Waals surface area contributed by atoms with Crippen molar-refractivity contribution < 1.29 is 14.7 Å². The minimum absolute atomic E-state index is 0.0475. The highest BCUT2D eigenvalue weighted by molar-refractivity contribution is 5.81.